The van der Waals surface area contributed by atoms with Crippen LogP contribution >= 0.6 is 0 Å². The molecule has 2 amide bonds. The number of aromatic amines is 1. The molecular weight excluding hydrogens is 434 g/mol. The largest absolute Gasteiger partial charge is 0.481 e. The van der Waals surface area contributed by atoms with Crippen molar-refractivity contribution in [3.63, 3.8) is 0 Å². The molecule has 4 rings (SSSR count). The van der Waals surface area contributed by atoms with Gasteiger partial charge in [-0.25, -0.2) is 4.98 Å². The number of anilines is 1. The van der Waals surface area contributed by atoms with Gasteiger partial charge in [0.15, 0.2) is 0 Å². The highest BCUT2D eigenvalue weighted by atomic mass is 16.4. The van der Waals surface area contributed by atoms with Gasteiger partial charge < -0.3 is 25.2 Å². The highest BCUT2D eigenvalue weighted by molar-refractivity contribution is 5.96. The van der Waals surface area contributed by atoms with E-state index in [0.29, 0.717) is 24.3 Å². The second-order valence-corrected chi connectivity index (χ2v) is 8.64. The number of hydrogen-bond donors (Lipinski definition) is 3. The molecule has 9 heteroatoms. The lowest BCUT2D eigenvalue weighted by molar-refractivity contribution is -0.141. The second kappa shape index (κ2) is 9.94. The fourth-order valence-corrected chi connectivity index (χ4v) is 4.21. The number of amides is 2. The number of carbonyl (C=O) groups is 3. The number of fused-ring (bicyclic) bond motifs is 2. The van der Waals surface area contributed by atoms with E-state index < -0.39 is 12.0 Å². The van der Waals surface area contributed by atoms with Crippen LogP contribution in [0, 0.1) is 0 Å². The summed E-state index contributed by atoms with van der Waals surface area (Å²) in [4.78, 5) is 48.5. The van der Waals surface area contributed by atoms with Crippen molar-refractivity contribution in [3.05, 3.63) is 59.4 Å². The molecule has 2 heterocycles. The fraction of sp³-hybridized carbons (Fsp3) is 0.360. The van der Waals surface area contributed by atoms with Crippen LogP contribution in [-0.4, -0.2) is 62.3 Å². The van der Waals surface area contributed by atoms with Crippen molar-refractivity contribution in [2.45, 2.75) is 45.3 Å². The summed E-state index contributed by atoms with van der Waals surface area (Å²) in [6, 6.07) is 12.2. The smallest absolute Gasteiger partial charge is 0.305 e. The average Bonchev–Trinajstić information content (AvgIpc) is 3.18. The zero-order valence-electron chi connectivity index (χ0n) is 19.4. The molecule has 1 atom stereocenters. The number of nitrogens with one attached hydrogen (secondary N) is 2. The number of carboxylic acids is 1. The van der Waals surface area contributed by atoms with E-state index in [4.69, 9.17) is 5.11 Å². The quantitative estimate of drug-likeness (QED) is 0.472. The van der Waals surface area contributed by atoms with Crippen molar-refractivity contribution in [1.29, 1.82) is 0 Å². The number of para-hydroxylation sites is 2. The van der Waals surface area contributed by atoms with Crippen LogP contribution in [-0.2, 0) is 22.7 Å². The summed E-state index contributed by atoms with van der Waals surface area (Å²) >= 11 is 0. The van der Waals surface area contributed by atoms with Crippen LogP contribution in [0.25, 0.3) is 11.0 Å². The van der Waals surface area contributed by atoms with Crippen LogP contribution in [0.1, 0.15) is 47.9 Å². The van der Waals surface area contributed by atoms with Crippen molar-refractivity contribution in [1.82, 2.24) is 19.8 Å². The molecule has 0 bridgehead atoms. The number of carbonyl (C=O) groups excluding carboxylic acids is 2. The number of likely N-dealkylation sites (N-methyl/N-ethyl adjacent to an activating group) is 1. The number of unbranched alkanes of at least 4 members (excludes halogenated alkanes) is 1. The molecule has 0 spiro atoms. The van der Waals surface area contributed by atoms with Gasteiger partial charge in [0.05, 0.1) is 24.0 Å². The molecule has 34 heavy (non-hydrogen) atoms. The lowest BCUT2D eigenvalue weighted by atomic mass is 10.1. The summed E-state index contributed by atoms with van der Waals surface area (Å²) in [5.41, 5.74) is 3.75. The van der Waals surface area contributed by atoms with Crippen LogP contribution in [0.2, 0.25) is 0 Å². The van der Waals surface area contributed by atoms with Crippen LogP contribution in [0.15, 0.2) is 42.5 Å². The maximum Gasteiger partial charge on any atom is 0.305 e. The number of carboxylic acid groups (broad SMARTS) is 1. The Morgan fingerprint density at radius 2 is 2.03 bits per heavy atom. The summed E-state index contributed by atoms with van der Waals surface area (Å²) in [7, 11) is 1.64. The SMILES string of the molecule is CCCCN(Cc1nc2ccccc2[nH]1)C(=O)c1ccc2c(c1)CN(C)C(=O)[C@H](CC(=O)O)N2. The van der Waals surface area contributed by atoms with E-state index in [-0.39, 0.29) is 24.8 Å². The lowest BCUT2D eigenvalue weighted by Gasteiger charge is -2.22. The van der Waals surface area contributed by atoms with Crippen molar-refractivity contribution in [2.24, 2.45) is 0 Å². The van der Waals surface area contributed by atoms with Gasteiger partial charge in [-0.05, 0) is 42.3 Å². The minimum absolute atomic E-state index is 0.114. The minimum atomic E-state index is -1.05. The van der Waals surface area contributed by atoms with E-state index in [1.54, 1.807) is 30.1 Å². The molecule has 0 unspecified atom stereocenters. The predicted octanol–water partition coefficient (Wildman–Crippen LogP) is 3.23. The topological polar surface area (TPSA) is 119 Å². The molecule has 178 valence electrons. The number of hydrogen-bond acceptors (Lipinski definition) is 5. The maximum atomic E-state index is 13.5. The first kappa shape index (κ1) is 23.3. The van der Waals surface area contributed by atoms with E-state index in [0.717, 1.165) is 35.3 Å². The third-order valence-electron chi connectivity index (χ3n) is 5.99. The van der Waals surface area contributed by atoms with E-state index in [2.05, 4.69) is 22.2 Å². The highest BCUT2D eigenvalue weighted by Gasteiger charge is 2.29. The van der Waals surface area contributed by atoms with Gasteiger partial charge in [0.25, 0.3) is 5.91 Å². The second-order valence-electron chi connectivity index (χ2n) is 8.64. The van der Waals surface area contributed by atoms with Gasteiger partial charge in [-0.15, -0.1) is 0 Å². The van der Waals surface area contributed by atoms with Crippen LogP contribution in [0.4, 0.5) is 5.69 Å². The summed E-state index contributed by atoms with van der Waals surface area (Å²) in [6.45, 7) is 3.33. The standard InChI is InChI=1S/C25H29N5O4/c1-3-4-11-30(15-22-27-19-7-5-6-8-20(19)28-22)24(33)16-9-10-18-17(12-16)14-29(2)25(34)21(26-18)13-23(31)32/h5-10,12,21,26H,3-4,11,13-15H2,1-2H3,(H,27,28)(H,31,32)/t21-/m0/s1. The Hall–Kier alpha value is -3.88. The van der Waals surface area contributed by atoms with E-state index in [1.807, 2.05) is 24.3 Å². The van der Waals surface area contributed by atoms with Crippen LogP contribution in [0.3, 0.4) is 0 Å². The van der Waals surface area contributed by atoms with Crippen molar-refractivity contribution >= 4 is 34.5 Å². The first-order valence-corrected chi connectivity index (χ1v) is 11.4. The molecule has 1 aromatic heterocycles. The van der Waals surface area contributed by atoms with Gasteiger partial charge in [0.2, 0.25) is 5.91 Å². The minimum Gasteiger partial charge on any atom is -0.481 e. The molecule has 3 aromatic rings. The van der Waals surface area contributed by atoms with Crippen LogP contribution < -0.4 is 5.32 Å². The number of imidazole rings is 1. The van der Waals surface area contributed by atoms with Gasteiger partial charge >= 0.3 is 5.97 Å². The van der Waals surface area contributed by atoms with Gasteiger partial charge in [-0.1, -0.05) is 25.5 Å². The molecule has 0 saturated carbocycles. The van der Waals surface area contributed by atoms with Gasteiger partial charge in [-0.3, -0.25) is 14.4 Å². The monoisotopic (exact) mass is 463 g/mol. The Labute approximate surface area is 197 Å². The van der Waals surface area contributed by atoms with Crippen molar-refractivity contribution < 1.29 is 19.5 Å². The van der Waals surface area contributed by atoms with Gasteiger partial charge in [0, 0.05) is 31.4 Å². The molecule has 3 N–H and O–H groups in total. The Morgan fingerprint density at radius 3 is 2.76 bits per heavy atom. The Balaban J connectivity index is 1.59. The van der Waals surface area contributed by atoms with E-state index >= 15 is 0 Å². The molecule has 9 nitrogen and oxygen atoms in total. The molecule has 0 aliphatic carbocycles. The molecule has 0 radical (unpaired) electrons. The average molecular weight is 464 g/mol. The summed E-state index contributed by atoms with van der Waals surface area (Å²) < 4.78 is 0. The third-order valence-corrected chi connectivity index (χ3v) is 5.99. The Morgan fingerprint density at radius 1 is 1.24 bits per heavy atom. The molecule has 1 aliphatic rings. The third kappa shape index (κ3) is 5.03. The number of rotatable bonds is 8. The van der Waals surface area contributed by atoms with E-state index in [9.17, 15) is 14.4 Å². The first-order chi connectivity index (χ1) is 16.4. The predicted molar refractivity (Wildman–Crippen MR) is 128 cm³/mol. The van der Waals surface area contributed by atoms with Crippen molar-refractivity contribution in [3.8, 4) is 0 Å². The summed E-state index contributed by atoms with van der Waals surface area (Å²) in [5, 5.41) is 12.2. The zero-order chi connectivity index (χ0) is 24.2. The number of nitrogens with zero attached hydrogens (tertiary/aromatic N) is 3. The number of aliphatic carboxylic acids is 1. The molecule has 0 saturated heterocycles. The van der Waals surface area contributed by atoms with Gasteiger partial charge in [-0.2, -0.15) is 0 Å². The number of H-pyrrole nitrogens is 1. The summed E-state index contributed by atoms with van der Waals surface area (Å²) in [6.07, 6.45) is 1.51. The molecule has 1 aliphatic heterocycles. The Kier molecular flexibility index (Phi) is 6.81. The molecular formula is C25H29N5O4. The van der Waals surface area contributed by atoms with Gasteiger partial charge in [0.1, 0.15) is 11.9 Å². The Bertz CT molecular complexity index is 1190. The normalized spacial score (nSPS) is 15.5. The van der Waals surface area contributed by atoms with Crippen molar-refractivity contribution in [2.75, 3.05) is 18.9 Å². The summed E-state index contributed by atoms with van der Waals surface area (Å²) in [5.74, 6) is -0.728. The maximum absolute atomic E-state index is 13.5. The fourth-order valence-electron chi connectivity index (χ4n) is 4.21. The number of aromatic nitrogens is 2. The van der Waals surface area contributed by atoms with E-state index in [1.165, 1.54) is 4.90 Å². The lowest BCUT2D eigenvalue weighted by Crippen LogP contribution is -2.39. The van der Waals surface area contributed by atoms with Crippen LogP contribution in [0.5, 0.6) is 0 Å². The molecule has 0 fully saturated rings. The number of benzene rings is 2. The molecule has 2 aromatic carbocycles. The highest BCUT2D eigenvalue weighted by Crippen LogP contribution is 2.26. The zero-order valence-corrected chi connectivity index (χ0v) is 19.4. The first-order valence-electron chi connectivity index (χ1n) is 11.4.